The quantitative estimate of drug-likeness (QED) is 0.803. The fourth-order valence-corrected chi connectivity index (χ4v) is 2.10. The van der Waals surface area contributed by atoms with Crippen LogP contribution in [0.15, 0.2) is 29.2 Å². The average molecular weight is 254 g/mol. The van der Waals surface area contributed by atoms with Gasteiger partial charge in [0.15, 0.2) is 0 Å². The van der Waals surface area contributed by atoms with Gasteiger partial charge in [0.2, 0.25) is 10.0 Å². The number of rotatable bonds is 5. The van der Waals surface area contributed by atoms with E-state index in [0.717, 1.165) is 0 Å². The minimum absolute atomic E-state index is 0.0363. The largest absolute Gasteiger partial charge is 0.491 e. The van der Waals surface area contributed by atoms with Gasteiger partial charge in [-0.1, -0.05) is 0 Å². The summed E-state index contributed by atoms with van der Waals surface area (Å²) in [6.45, 7) is 3.53. The van der Waals surface area contributed by atoms with E-state index in [1.165, 1.54) is 12.1 Å². The predicted molar refractivity (Wildman–Crippen MR) is 63.0 cm³/mol. The zero-order valence-corrected chi connectivity index (χ0v) is 10.5. The summed E-state index contributed by atoms with van der Waals surface area (Å²) >= 11 is 0. The standard InChI is InChI=1S/C11H14N2O3S/c1-9(2)16-10-3-5-11(6-4-10)17(14,15)13-8-7-12/h3-6,9,13H,8H2,1-2H3. The van der Waals surface area contributed by atoms with Gasteiger partial charge in [-0.05, 0) is 38.1 Å². The van der Waals surface area contributed by atoms with Crippen molar-refractivity contribution in [3.05, 3.63) is 24.3 Å². The minimum Gasteiger partial charge on any atom is -0.491 e. The van der Waals surface area contributed by atoms with Gasteiger partial charge in [-0.15, -0.1) is 0 Å². The van der Waals surface area contributed by atoms with Crippen LogP contribution in [0.25, 0.3) is 0 Å². The monoisotopic (exact) mass is 254 g/mol. The normalized spacial score (nSPS) is 11.2. The summed E-state index contributed by atoms with van der Waals surface area (Å²) in [4.78, 5) is 0.115. The Kier molecular flexibility index (Phi) is 4.49. The van der Waals surface area contributed by atoms with E-state index in [2.05, 4.69) is 4.72 Å². The van der Waals surface area contributed by atoms with Gasteiger partial charge in [0, 0.05) is 0 Å². The zero-order valence-electron chi connectivity index (χ0n) is 9.67. The third-order valence-corrected chi connectivity index (χ3v) is 3.26. The lowest BCUT2D eigenvalue weighted by molar-refractivity contribution is 0.242. The highest BCUT2D eigenvalue weighted by Gasteiger charge is 2.12. The van der Waals surface area contributed by atoms with E-state index in [4.69, 9.17) is 10.00 Å². The van der Waals surface area contributed by atoms with Gasteiger partial charge in [0.05, 0.1) is 23.6 Å². The summed E-state index contributed by atoms with van der Waals surface area (Å²) < 4.78 is 30.8. The van der Waals surface area contributed by atoms with Crippen molar-refractivity contribution in [3.8, 4) is 11.8 Å². The van der Waals surface area contributed by atoms with Gasteiger partial charge in [-0.25, -0.2) is 8.42 Å². The van der Waals surface area contributed by atoms with E-state index in [0.29, 0.717) is 5.75 Å². The summed E-state index contributed by atoms with van der Waals surface area (Å²) in [5.74, 6) is 0.610. The van der Waals surface area contributed by atoms with Crippen LogP contribution >= 0.6 is 0 Å². The van der Waals surface area contributed by atoms with Crippen LogP contribution in [-0.2, 0) is 10.0 Å². The van der Waals surface area contributed by atoms with E-state index in [-0.39, 0.29) is 17.5 Å². The maximum atomic E-state index is 11.6. The van der Waals surface area contributed by atoms with Crippen LogP contribution in [0.4, 0.5) is 0 Å². The molecule has 0 bridgehead atoms. The van der Waals surface area contributed by atoms with Gasteiger partial charge in [-0.3, -0.25) is 0 Å². The van der Waals surface area contributed by atoms with Gasteiger partial charge < -0.3 is 4.74 Å². The Morgan fingerprint density at radius 3 is 2.41 bits per heavy atom. The molecule has 92 valence electrons. The SMILES string of the molecule is CC(C)Oc1ccc(S(=O)(=O)NCC#N)cc1. The Hall–Kier alpha value is -1.58. The second-order valence-electron chi connectivity index (χ2n) is 3.62. The highest BCUT2D eigenvalue weighted by Crippen LogP contribution is 2.16. The summed E-state index contributed by atoms with van der Waals surface area (Å²) in [6.07, 6.45) is 0.0363. The third-order valence-electron chi connectivity index (χ3n) is 1.85. The molecule has 0 saturated heterocycles. The van der Waals surface area contributed by atoms with Crippen molar-refractivity contribution in [2.45, 2.75) is 24.8 Å². The van der Waals surface area contributed by atoms with Gasteiger partial charge >= 0.3 is 0 Å². The first-order valence-electron chi connectivity index (χ1n) is 5.09. The van der Waals surface area contributed by atoms with E-state index < -0.39 is 10.0 Å². The van der Waals surface area contributed by atoms with E-state index >= 15 is 0 Å². The first-order chi connectivity index (χ1) is 7.95. The van der Waals surface area contributed by atoms with Gasteiger partial charge in [-0.2, -0.15) is 9.98 Å². The van der Waals surface area contributed by atoms with Crippen molar-refractivity contribution >= 4 is 10.0 Å². The molecule has 17 heavy (non-hydrogen) atoms. The van der Waals surface area contributed by atoms with Crippen molar-refractivity contribution in [2.75, 3.05) is 6.54 Å². The molecular weight excluding hydrogens is 240 g/mol. The number of nitrogens with zero attached hydrogens (tertiary/aromatic N) is 1. The van der Waals surface area contributed by atoms with E-state index in [9.17, 15) is 8.42 Å². The van der Waals surface area contributed by atoms with Crippen LogP contribution in [0, 0.1) is 11.3 Å². The van der Waals surface area contributed by atoms with E-state index in [1.807, 2.05) is 13.8 Å². The van der Waals surface area contributed by atoms with Crippen molar-refractivity contribution in [2.24, 2.45) is 0 Å². The molecule has 0 spiro atoms. The second-order valence-corrected chi connectivity index (χ2v) is 5.39. The van der Waals surface area contributed by atoms with E-state index in [1.54, 1.807) is 18.2 Å². The number of nitrogens with one attached hydrogen (secondary N) is 1. The summed E-state index contributed by atoms with van der Waals surface area (Å²) in [5.41, 5.74) is 0. The first-order valence-corrected chi connectivity index (χ1v) is 6.57. The molecule has 0 aliphatic heterocycles. The smallest absolute Gasteiger partial charge is 0.241 e. The number of ether oxygens (including phenoxy) is 1. The number of hydrogen-bond donors (Lipinski definition) is 1. The highest BCUT2D eigenvalue weighted by molar-refractivity contribution is 7.89. The Labute approximate surface area is 101 Å². The lowest BCUT2D eigenvalue weighted by Gasteiger charge is -2.10. The maximum absolute atomic E-state index is 11.6. The number of sulfonamides is 1. The van der Waals surface area contributed by atoms with Crippen molar-refractivity contribution in [3.63, 3.8) is 0 Å². The Morgan fingerprint density at radius 2 is 1.94 bits per heavy atom. The second kappa shape index (κ2) is 5.66. The summed E-state index contributed by atoms with van der Waals surface area (Å²) in [6, 6.07) is 7.77. The molecule has 0 aromatic heterocycles. The maximum Gasteiger partial charge on any atom is 0.241 e. The van der Waals surface area contributed by atoms with Crippen LogP contribution in [0.2, 0.25) is 0 Å². The highest BCUT2D eigenvalue weighted by atomic mass is 32.2. The van der Waals surface area contributed by atoms with Gasteiger partial charge in [0.25, 0.3) is 0 Å². The van der Waals surface area contributed by atoms with Crippen molar-refractivity contribution in [1.29, 1.82) is 5.26 Å². The van der Waals surface area contributed by atoms with Gasteiger partial charge in [0.1, 0.15) is 5.75 Å². The molecule has 0 radical (unpaired) electrons. The van der Waals surface area contributed by atoms with Crippen LogP contribution in [-0.4, -0.2) is 21.1 Å². The fourth-order valence-electron chi connectivity index (χ4n) is 1.18. The molecule has 1 aromatic carbocycles. The van der Waals surface area contributed by atoms with Crippen LogP contribution in [0.3, 0.4) is 0 Å². The first kappa shape index (κ1) is 13.5. The lowest BCUT2D eigenvalue weighted by atomic mass is 10.3. The molecule has 0 amide bonds. The average Bonchev–Trinajstić information content (AvgIpc) is 2.26. The molecule has 1 rings (SSSR count). The molecule has 0 aliphatic rings. The number of benzene rings is 1. The molecule has 1 aromatic rings. The molecule has 0 atom stereocenters. The number of hydrogen-bond acceptors (Lipinski definition) is 4. The molecule has 1 N–H and O–H groups in total. The molecule has 5 nitrogen and oxygen atoms in total. The van der Waals surface area contributed by atoms with Crippen molar-refractivity contribution in [1.82, 2.24) is 4.72 Å². The Morgan fingerprint density at radius 1 is 1.35 bits per heavy atom. The molecule has 6 heteroatoms. The third kappa shape index (κ3) is 4.06. The fraction of sp³-hybridized carbons (Fsp3) is 0.364. The molecule has 0 saturated carbocycles. The Bertz CT molecular complexity index is 501. The van der Waals surface area contributed by atoms with Crippen LogP contribution in [0.1, 0.15) is 13.8 Å². The minimum atomic E-state index is -3.60. The predicted octanol–water partition coefficient (Wildman–Crippen LogP) is 1.28. The summed E-state index contributed by atoms with van der Waals surface area (Å²) in [5, 5.41) is 8.32. The molecule has 0 heterocycles. The lowest BCUT2D eigenvalue weighted by Crippen LogP contribution is -2.23. The molecule has 0 fully saturated rings. The Balaban J connectivity index is 2.84. The zero-order chi connectivity index (χ0) is 12.9. The number of nitriles is 1. The topological polar surface area (TPSA) is 79.2 Å². The van der Waals surface area contributed by atoms with Crippen molar-refractivity contribution < 1.29 is 13.2 Å². The molecular formula is C11H14N2O3S. The summed E-state index contributed by atoms with van der Waals surface area (Å²) in [7, 11) is -3.60. The molecule has 0 unspecified atom stereocenters. The molecule has 0 aliphatic carbocycles. The van der Waals surface area contributed by atoms with Crippen LogP contribution in [0.5, 0.6) is 5.75 Å². The van der Waals surface area contributed by atoms with Crippen LogP contribution < -0.4 is 9.46 Å².